The Balaban J connectivity index is 2.13. The number of rotatable bonds is 6. The Morgan fingerprint density at radius 3 is 2.47 bits per heavy atom. The molecule has 30 heavy (non-hydrogen) atoms. The quantitative estimate of drug-likeness (QED) is 0.353. The first-order valence-corrected chi connectivity index (χ1v) is 8.43. The van der Waals surface area contributed by atoms with Crippen molar-refractivity contribution in [3.05, 3.63) is 96.6 Å². The zero-order chi connectivity index (χ0) is 21.8. The van der Waals surface area contributed by atoms with Gasteiger partial charge in [-0.2, -0.15) is 5.10 Å². The minimum absolute atomic E-state index is 0.0598. The number of anilines is 2. The number of non-ortho nitro benzene ring substituents is 1. The van der Waals surface area contributed by atoms with E-state index in [2.05, 4.69) is 15.5 Å². The van der Waals surface area contributed by atoms with Crippen LogP contribution in [-0.4, -0.2) is 25.1 Å². The second kappa shape index (κ2) is 8.18. The second-order valence-electron chi connectivity index (χ2n) is 6.05. The van der Waals surface area contributed by atoms with Gasteiger partial charge in [0.15, 0.2) is 0 Å². The molecule has 0 atom stereocenters. The summed E-state index contributed by atoms with van der Waals surface area (Å²) in [6.45, 7) is 0. The Bertz CT molecular complexity index is 1220. The molecule has 0 saturated carbocycles. The molecule has 0 bridgehead atoms. The van der Waals surface area contributed by atoms with Crippen LogP contribution in [0.3, 0.4) is 0 Å². The Morgan fingerprint density at radius 2 is 1.83 bits per heavy atom. The van der Waals surface area contributed by atoms with E-state index in [4.69, 9.17) is 5.73 Å². The molecule has 0 unspecified atom stereocenters. The van der Waals surface area contributed by atoms with E-state index >= 15 is 0 Å². The molecule has 3 rings (SSSR count). The van der Waals surface area contributed by atoms with E-state index < -0.39 is 26.9 Å². The third-order valence-corrected chi connectivity index (χ3v) is 4.21. The molecule has 1 heterocycles. The van der Waals surface area contributed by atoms with E-state index in [1.165, 1.54) is 19.3 Å². The van der Waals surface area contributed by atoms with E-state index in [0.717, 1.165) is 16.7 Å². The van der Waals surface area contributed by atoms with Gasteiger partial charge in [-0.05, 0) is 6.07 Å². The Kier molecular flexibility index (Phi) is 5.49. The lowest BCUT2D eigenvalue weighted by Crippen LogP contribution is -2.25. The normalized spacial score (nSPS) is 11.2. The van der Waals surface area contributed by atoms with Crippen LogP contribution >= 0.6 is 0 Å². The molecule has 0 spiro atoms. The van der Waals surface area contributed by atoms with Crippen LogP contribution in [0.5, 0.6) is 0 Å². The number of hydrazone groups is 1. The first kappa shape index (κ1) is 20.1. The molecule has 0 radical (unpaired) electrons. The SMILES string of the molecule is Cn1c(N)c(/C(=N\Nc2ccc([N+](=O)[O-])cc2[N+](=O)[O-])c2ccccc2)cnc1=O. The van der Waals surface area contributed by atoms with Crippen LogP contribution < -0.4 is 16.8 Å². The monoisotopic (exact) mass is 409 g/mol. The van der Waals surface area contributed by atoms with Gasteiger partial charge < -0.3 is 5.73 Å². The summed E-state index contributed by atoms with van der Waals surface area (Å²) < 4.78 is 1.14. The summed E-state index contributed by atoms with van der Waals surface area (Å²) in [4.78, 5) is 36.2. The van der Waals surface area contributed by atoms with Crippen molar-refractivity contribution in [3.8, 4) is 0 Å². The van der Waals surface area contributed by atoms with E-state index in [1.54, 1.807) is 30.3 Å². The summed E-state index contributed by atoms with van der Waals surface area (Å²) in [5.74, 6) is 0.0950. The van der Waals surface area contributed by atoms with Gasteiger partial charge >= 0.3 is 11.4 Å². The van der Waals surface area contributed by atoms with Crippen molar-refractivity contribution < 1.29 is 9.85 Å². The van der Waals surface area contributed by atoms with Crippen LogP contribution in [0, 0.1) is 20.2 Å². The van der Waals surface area contributed by atoms with Crippen LogP contribution in [0.4, 0.5) is 22.9 Å². The largest absolute Gasteiger partial charge is 0.384 e. The summed E-state index contributed by atoms with van der Waals surface area (Å²) in [7, 11) is 1.45. The summed E-state index contributed by atoms with van der Waals surface area (Å²) in [6, 6.07) is 11.9. The predicted octanol–water partition coefficient (Wildman–Crippen LogP) is 2.04. The molecule has 0 aliphatic rings. The number of nitrogens with two attached hydrogens (primary N) is 1. The molecular weight excluding hydrogens is 394 g/mol. The Morgan fingerprint density at radius 1 is 1.13 bits per heavy atom. The zero-order valence-electron chi connectivity index (χ0n) is 15.6. The van der Waals surface area contributed by atoms with Crippen molar-refractivity contribution in [2.75, 3.05) is 11.2 Å². The van der Waals surface area contributed by atoms with E-state index in [0.29, 0.717) is 11.1 Å². The molecular formula is C18H15N7O5. The molecule has 3 N–H and O–H groups in total. The third-order valence-electron chi connectivity index (χ3n) is 4.21. The van der Waals surface area contributed by atoms with Gasteiger partial charge in [0, 0.05) is 24.9 Å². The molecule has 0 amide bonds. The van der Waals surface area contributed by atoms with E-state index in [-0.39, 0.29) is 17.2 Å². The fourth-order valence-corrected chi connectivity index (χ4v) is 2.61. The highest BCUT2D eigenvalue weighted by Gasteiger charge is 2.20. The molecule has 12 heteroatoms. The molecule has 0 fully saturated rings. The van der Waals surface area contributed by atoms with Gasteiger partial charge in [-0.1, -0.05) is 30.3 Å². The molecule has 3 aromatic rings. The van der Waals surface area contributed by atoms with Gasteiger partial charge in [0.25, 0.3) is 5.69 Å². The smallest absolute Gasteiger partial charge is 0.348 e. The van der Waals surface area contributed by atoms with Gasteiger partial charge in [-0.15, -0.1) is 0 Å². The van der Waals surface area contributed by atoms with E-state index in [9.17, 15) is 25.0 Å². The summed E-state index contributed by atoms with van der Waals surface area (Å²) >= 11 is 0. The first-order valence-electron chi connectivity index (χ1n) is 8.43. The van der Waals surface area contributed by atoms with Crippen LogP contribution in [0.1, 0.15) is 11.1 Å². The number of hydrogen-bond acceptors (Lipinski definition) is 9. The zero-order valence-corrected chi connectivity index (χ0v) is 15.6. The summed E-state index contributed by atoms with van der Waals surface area (Å²) in [6.07, 6.45) is 1.26. The highest BCUT2D eigenvalue weighted by Crippen LogP contribution is 2.29. The number of nitrogens with zero attached hydrogens (tertiary/aromatic N) is 5. The van der Waals surface area contributed by atoms with Gasteiger partial charge in [0.2, 0.25) is 0 Å². The van der Waals surface area contributed by atoms with Gasteiger partial charge in [-0.25, -0.2) is 9.78 Å². The number of nitrogen functional groups attached to an aromatic ring is 1. The van der Waals surface area contributed by atoms with Crippen molar-refractivity contribution in [2.24, 2.45) is 12.1 Å². The molecule has 1 aromatic heterocycles. The number of nitro benzene ring substituents is 2. The molecule has 12 nitrogen and oxygen atoms in total. The van der Waals surface area contributed by atoms with Crippen molar-refractivity contribution >= 4 is 28.6 Å². The fourth-order valence-electron chi connectivity index (χ4n) is 2.61. The summed E-state index contributed by atoms with van der Waals surface area (Å²) in [5.41, 5.74) is 8.25. The molecule has 0 saturated heterocycles. The fraction of sp³-hybridized carbons (Fsp3) is 0.0556. The molecule has 152 valence electrons. The third kappa shape index (κ3) is 3.96. The predicted molar refractivity (Wildman–Crippen MR) is 109 cm³/mol. The first-order chi connectivity index (χ1) is 14.3. The lowest BCUT2D eigenvalue weighted by atomic mass is 10.0. The maximum atomic E-state index is 11.7. The topological polar surface area (TPSA) is 172 Å². The van der Waals surface area contributed by atoms with Gasteiger partial charge in [0.1, 0.15) is 17.2 Å². The van der Waals surface area contributed by atoms with Crippen LogP contribution in [0.2, 0.25) is 0 Å². The average Bonchev–Trinajstić information content (AvgIpc) is 2.74. The molecule has 2 aromatic carbocycles. The van der Waals surface area contributed by atoms with Gasteiger partial charge in [-0.3, -0.25) is 30.2 Å². The Hall–Kier alpha value is -4.61. The number of nitrogens with one attached hydrogen (secondary N) is 1. The minimum atomic E-state index is -0.755. The number of benzene rings is 2. The van der Waals surface area contributed by atoms with Crippen LogP contribution in [0.15, 0.2) is 64.6 Å². The van der Waals surface area contributed by atoms with Crippen LogP contribution in [-0.2, 0) is 7.05 Å². The lowest BCUT2D eigenvalue weighted by molar-refractivity contribution is -0.393. The van der Waals surface area contributed by atoms with Crippen molar-refractivity contribution in [1.82, 2.24) is 9.55 Å². The number of nitro groups is 2. The van der Waals surface area contributed by atoms with Crippen molar-refractivity contribution in [2.45, 2.75) is 0 Å². The molecule has 0 aliphatic heterocycles. The van der Waals surface area contributed by atoms with E-state index in [1.807, 2.05) is 0 Å². The molecule has 0 aliphatic carbocycles. The minimum Gasteiger partial charge on any atom is -0.384 e. The average molecular weight is 409 g/mol. The van der Waals surface area contributed by atoms with Gasteiger partial charge in [0.05, 0.1) is 21.5 Å². The maximum absolute atomic E-state index is 11.7. The Labute approximate surface area is 168 Å². The number of aromatic nitrogens is 2. The number of hydrogen-bond donors (Lipinski definition) is 2. The standard InChI is InChI=1S/C18H15N7O5/c1-23-17(19)13(10-20-18(23)26)16(11-5-3-2-4-6-11)22-21-14-8-7-12(24(27)28)9-15(14)25(29)30/h2-10,21H,19H2,1H3/b22-16-. The van der Waals surface area contributed by atoms with Crippen LogP contribution in [0.25, 0.3) is 0 Å². The lowest BCUT2D eigenvalue weighted by Gasteiger charge is -2.12. The maximum Gasteiger partial charge on any atom is 0.348 e. The summed E-state index contributed by atoms with van der Waals surface area (Å²) in [5, 5.41) is 26.5. The van der Waals surface area contributed by atoms with Crippen molar-refractivity contribution in [3.63, 3.8) is 0 Å². The van der Waals surface area contributed by atoms with Crippen molar-refractivity contribution in [1.29, 1.82) is 0 Å². The highest BCUT2D eigenvalue weighted by molar-refractivity contribution is 6.15. The highest BCUT2D eigenvalue weighted by atomic mass is 16.6. The second-order valence-corrected chi connectivity index (χ2v) is 6.05.